The zero-order chi connectivity index (χ0) is 15.3. The number of thiophene rings is 1. The Labute approximate surface area is 129 Å². The summed E-state index contributed by atoms with van der Waals surface area (Å²) in [4.78, 5) is 1.37. The van der Waals surface area contributed by atoms with Crippen LogP contribution in [-0.4, -0.2) is 19.8 Å². The van der Waals surface area contributed by atoms with E-state index in [1.54, 1.807) is 0 Å². The van der Waals surface area contributed by atoms with E-state index in [9.17, 15) is 13.2 Å². The molecule has 0 aliphatic carbocycles. The van der Waals surface area contributed by atoms with Crippen molar-refractivity contribution >= 4 is 27.6 Å². The quantitative estimate of drug-likeness (QED) is 0.519. The summed E-state index contributed by atoms with van der Waals surface area (Å²) < 4.78 is 41.2. The van der Waals surface area contributed by atoms with Crippen LogP contribution in [-0.2, 0) is 0 Å². The van der Waals surface area contributed by atoms with E-state index in [-0.39, 0.29) is 5.56 Å². The van der Waals surface area contributed by atoms with Crippen LogP contribution in [0.4, 0.5) is 13.2 Å². The Kier molecular flexibility index (Phi) is 2.98. The summed E-state index contributed by atoms with van der Waals surface area (Å²) in [6, 6.07) is 5.57. The van der Waals surface area contributed by atoms with Crippen molar-refractivity contribution in [2.75, 3.05) is 0 Å². The van der Waals surface area contributed by atoms with E-state index in [2.05, 4.69) is 15.3 Å². The largest absolute Gasteiger partial charge is 0.235 e. The second kappa shape index (κ2) is 4.89. The van der Waals surface area contributed by atoms with Gasteiger partial charge in [0.25, 0.3) is 0 Å². The third-order valence-electron chi connectivity index (χ3n) is 2.96. The Balaban J connectivity index is 1.87. The maximum absolute atomic E-state index is 13.3. The fraction of sp³-hybridized carbons (Fsp3) is 0. The number of benzene rings is 1. The molecule has 4 aromatic rings. The first kappa shape index (κ1) is 13.4. The molecule has 0 fully saturated rings. The SMILES string of the molecule is Fc1cc(-c2nn3c(-c4cccs4)nnc3s2)cc(F)c1F. The molecule has 0 saturated carbocycles. The number of hydrogen-bond donors (Lipinski definition) is 0. The lowest BCUT2D eigenvalue weighted by atomic mass is 10.2. The van der Waals surface area contributed by atoms with Crippen LogP contribution in [0.5, 0.6) is 0 Å². The third kappa shape index (κ3) is 2.01. The molecule has 3 aromatic heterocycles. The van der Waals surface area contributed by atoms with Crippen molar-refractivity contribution in [3.05, 3.63) is 47.1 Å². The van der Waals surface area contributed by atoms with E-state index in [1.165, 1.54) is 15.9 Å². The predicted molar refractivity (Wildman–Crippen MR) is 77.3 cm³/mol. The molecule has 0 amide bonds. The zero-order valence-corrected chi connectivity index (χ0v) is 12.3. The predicted octanol–water partition coefficient (Wildman–Crippen LogP) is 4.00. The Morgan fingerprint density at radius 3 is 2.50 bits per heavy atom. The highest BCUT2D eigenvalue weighted by Crippen LogP contribution is 2.30. The van der Waals surface area contributed by atoms with E-state index in [1.807, 2.05) is 17.5 Å². The van der Waals surface area contributed by atoms with E-state index in [4.69, 9.17) is 0 Å². The molecule has 0 unspecified atom stereocenters. The van der Waals surface area contributed by atoms with Crippen molar-refractivity contribution < 1.29 is 13.2 Å². The van der Waals surface area contributed by atoms with Gasteiger partial charge in [-0.1, -0.05) is 17.4 Å². The van der Waals surface area contributed by atoms with Crippen LogP contribution >= 0.6 is 22.7 Å². The molecular weight excluding hydrogens is 333 g/mol. The van der Waals surface area contributed by atoms with Gasteiger partial charge in [-0.15, -0.1) is 21.5 Å². The van der Waals surface area contributed by atoms with Gasteiger partial charge < -0.3 is 0 Å². The second-order valence-corrected chi connectivity index (χ2v) is 6.26. The van der Waals surface area contributed by atoms with Crippen LogP contribution in [0.15, 0.2) is 29.6 Å². The summed E-state index contributed by atoms with van der Waals surface area (Å²) in [5.41, 5.74) is 0.157. The van der Waals surface area contributed by atoms with Crippen LogP contribution in [0.3, 0.4) is 0 Å². The normalized spacial score (nSPS) is 11.4. The molecule has 110 valence electrons. The summed E-state index contributed by atoms with van der Waals surface area (Å²) in [5, 5.41) is 14.5. The summed E-state index contributed by atoms with van der Waals surface area (Å²) in [6.07, 6.45) is 0. The molecule has 0 bridgehead atoms. The van der Waals surface area contributed by atoms with Crippen LogP contribution in [0.1, 0.15) is 0 Å². The lowest BCUT2D eigenvalue weighted by molar-refractivity contribution is 0.447. The molecule has 3 heterocycles. The number of nitrogens with zero attached hydrogens (tertiary/aromatic N) is 4. The monoisotopic (exact) mass is 338 g/mol. The lowest BCUT2D eigenvalue weighted by Crippen LogP contribution is -1.93. The second-order valence-electron chi connectivity index (χ2n) is 4.36. The Morgan fingerprint density at radius 1 is 1.05 bits per heavy atom. The van der Waals surface area contributed by atoms with Crippen molar-refractivity contribution in [3.63, 3.8) is 0 Å². The first-order valence-corrected chi connectivity index (χ1v) is 7.74. The van der Waals surface area contributed by atoms with E-state index < -0.39 is 17.5 Å². The van der Waals surface area contributed by atoms with E-state index in [0.29, 0.717) is 15.8 Å². The fourth-order valence-electron chi connectivity index (χ4n) is 1.97. The van der Waals surface area contributed by atoms with Gasteiger partial charge in [-0.3, -0.25) is 0 Å². The molecule has 0 aliphatic heterocycles. The topological polar surface area (TPSA) is 43.1 Å². The molecule has 22 heavy (non-hydrogen) atoms. The molecule has 0 radical (unpaired) electrons. The number of halogens is 3. The van der Waals surface area contributed by atoms with Gasteiger partial charge in [-0.25, -0.2) is 13.2 Å². The molecule has 0 aliphatic rings. The minimum Gasteiger partial charge on any atom is -0.204 e. The molecule has 4 rings (SSSR count). The molecule has 0 spiro atoms. The zero-order valence-electron chi connectivity index (χ0n) is 10.6. The summed E-state index contributed by atoms with van der Waals surface area (Å²) in [5.74, 6) is -3.44. The molecule has 0 atom stereocenters. The number of hydrogen-bond acceptors (Lipinski definition) is 5. The standard InChI is InChI=1S/C13H5F3N4S2/c14-7-4-6(5-8(15)10(7)16)12-19-20-11(9-2-1-3-21-9)17-18-13(20)22-12/h1-5H. The van der Waals surface area contributed by atoms with Crippen molar-refractivity contribution in [3.8, 4) is 21.3 Å². The van der Waals surface area contributed by atoms with Crippen LogP contribution in [0.25, 0.3) is 26.2 Å². The van der Waals surface area contributed by atoms with Gasteiger partial charge in [0.2, 0.25) is 4.96 Å². The molecule has 9 heteroatoms. The van der Waals surface area contributed by atoms with Gasteiger partial charge in [0.15, 0.2) is 23.3 Å². The summed E-state index contributed by atoms with van der Waals surface area (Å²) in [7, 11) is 0. The fourth-order valence-corrected chi connectivity index (χ4v) is 3.49. The first-order valence-electron chi connectivity index (χ1n) is 6.04. The summed E-state index contributed by atoms with van der Waals surface area (Å²) in [6.45, 7) is 0. The first-order chi connectivity index (χ1) is 10.6. The average molecular weight is 338 g/mol. The highest BCUT2D eigenvalue weighted by Gasteiger charge is 2.18. The highest BCUT2D eigenvalue weighted by atomic mass is 32.1. The van der Waals surface area contributed by atoms with Gasteiger partial charge >= 0.3 is 0 Å². The van der Waals surface area contributed by atoms with Crippen molar-refractivity contribution in [2.24, 2.45) is 0 Å². The average Bonchev–Trinajstić information content (AvgIpc) is 3.19. The van der Waals surface area contributed by atoms with Crippen LogP contribution in [0, 0.1) is 17.5 Å². The van der Waals surface area contributed by atoms with Gasteiger partial charge in [-0.2, -0.15) is 9.61 Å². The van der Waals surface area contributed by atoms with Gasteiger partial charge in [0.1, 0.15) is 5.01 Å². The van der Waals surface area contributed by atoms with Crippen molar-refractivity contribution in [1.82, 2.24) is 19.8 Å². The molecule has 0 saturated heterocycles. The summed E-state index contributed by atoms with van der Waals surface area (Å²) >= 11 is 2.60. The maximum Gasteiger partial charge on any atom is 0.235 e. The van der Waals surface area contributed by atoms with E-state index >= 15 is 0 Å². The highest BCUT2D eigenvalue weighted by molar-refractivity contribution is 7.19. The maximum atomic E-state index is 13.3. The van der Waals surface area contributed by atoms with Gasteiger partial charge in [-0.05, 0) is 23.6 Å². The molecule has 1 aromatic carbocycles. The minimum absolute atomic E-state index is 0.157. The number of rotatable bonds is 2. The number of fused-ring (bicyclic) bond motifs is 1. The third-order valence-corrected chi connectivity index (χ3v) is 4.78. The lowest BCUT2D eigenvalue weighted by Gasteiger charge is -1.99. The van der Waals surface area contributed by atoms with Crippen LogP contribution in [0.2, 0.25) is 0 Å². The van der Waals surface area contributed by atoms with Crippen LogP contribution < -0.4 is 0 Å². The van der Waals surface area contributed by atoms with Gasteiger partial charge in [0, 0.05) is 5.56 Å². The van der Waals surface area contributed by atoms with Crippen molar-refractivity contribution in [2.45, 2.75) is 0 Å². The Morgan fingerprint density at radius 2 is 1.82 bits per heavy atom. The smallest absolute Gasteiger partial charge is 0.204 e. The molecule has 0 N–H and O–H groups in total. The Bertz CT molecular complexity index is 952. The van der Waals surface area contributed by atoms with E-state index in [0.717, 1.165) is 28.3 Å². The number of aromatic nitrogens is 4. The molecule has 4 nitrogen and oxygen atoms in total. The molecular formula is C13H5F3N4S2. The van der Waals surface area contributed by atoms with Crippen molar-refractivity contribution in [1.29, 1.82) is 0 Å². The Hall–Kier alpha value is -2.26. The van der Waals surface area contributed by atoms with Gasteiger partial charge in [0.05, 0.1) is 4.88 Å². The minimum atomic E-state index is -1.49.